The largest absolute Gasteiger partial charge is 0.389 e. The first-order valence-electron chi connectivity index (χ1n) is 12.0. The number of carbonyl (C=O) groups excluding carboxylic acids is 1. The van der Waals surface area contributed by atoms with Gasteiger partial charge < -0.3 is 14.7 Å². The first kappa shape index (κ1) is 24.1. The van der Waals surface area contributed by atoms with Crippen molar-refractivity contribution in [3.63, 3.8) is 0 Å². The summed E-state index contributed by atoms with van der Waals surface area (Å²) in [7, 11) is 0. The van der Waals surface area contributed by atoms with Gasteiger partial charge in [0.15, 0.2) is 5.78 Å². The number of hydrogen-bond acceptors (Lipinski definition) is 5. The van der Waals surface area contributed by atoms with E-state index in [9.17, 15) is 9.90 Å². The molecule has 5 nitrogen and oxygen atoms in total. The topological polar surface area (TPSA) is 53.0 Å². The van der Waals surface area contributed by atoms with Crippen molar-refractivity contribution in [2.75, 3.05) is 44.2 Å². The molecular weight excluding hydrogens is 424 g/mol. The predicted octanol–water partition coefficient (Wildman–Crippen LogP) is 4.49. The zero-order chi connectivity index (χ0) is 23.9. The van der Waals surface area contributed by atoms with Gasteiger partial charge in [-0.3, -0.25) is 9.69 Å². The molecule has 0 spiro atoms. The molecule has 5 heteroatoms. The van der Waals surface area contributed by atoms with Gasteiger partial charge in [-0.2, -0.15) is 0 Å². The number of carbonyl (C=O) groups is 1. The summed E-state index contributed by atoms with van der Waals surface area (Å²) in [6, 6.07) is 26.3. The van der Waals surface area contributed by atoms with Gasteiger partial charge in [-0.15, -0.1) is 0 Å². The van der Waals surface area contributed by atoms with Crippen LogP contribution in [0.5, 0.6) is 0 Å². The Bertz CT molecular complexity index is 1060. The van der Waals surface area contributed by atoms with E-state index in [2.05, 4.69) is 41.0 Å². The smallest absolute Gasteiger partial charge is 0.159 e. The van der Waals surface area contributed by atoms with Crippen LogP contribution in [0.25, 0.3) is 0 Å². The lowest BCUT2D eigenvalue weighted by molar-refractivity contribution is -0.00911. The Morgan fingerprint density at radius 2 is 1.56 bits per heavy atom. The van der Waals surface area contributed by atoms with Gasteiger partial charge in [-0.1, -0.05) is 54.6 Å². The Kier molecular flexibility index (Phi) is 8.12. The third-order valence-electron chi connectivity index (χ3n) is 6.51. The zero-order valence-corrected chi connectivity index (χ0v) is 20.1. The van der Waals surface area contributed by atoms with Crippen LogP contribution in [0.3, 0.4) is 0 Å². The molecule has 1 aliphatic rings. The highest BCUT2D eigenvalue weighted by molar-refractivity contribution is 5.94. The summed E-state index contributed by atoms with van der Waals surface area (Å²) in [5.74, 6) is 0.0875. The molecule has 1 N–H and O–H groups in total. The monoisotopic (exact) mass is 458 g/mol. The minimum absolute atomic E-state index is 0.0875. The lowest BCUT2D eigenvalue weighted by Gasteiger charge is -2.37. The van der Waals surface area contributed by atoms with E-state index < -0.39 is 6.10 Å². The summed E-state index contributed by atoms with van der Waals surface area (Å²) in [6.07, 6.45) is -0.761. The van der Waals surface area contributed by atoms with E-state index in [0.717, 1.165) is 48.6 Å². The van der Waals surface area contributed by atoms with Gasteiger partial charge >= 0.3 is 0 Å². The molecule has 2 atom stereocenters. The maximum absolute atomic E-state index is 11.5. The van der Waals surface area contributed by atoms with E-state index in [1.807, 2.05) is 54.6 Å². The van der Waals surface area contributed by atoms with E-state index in [0.29, 0.717) is 6.54 Å². The Labute approximate surface area is 202 Å². The van der Waals surface area contributed by atoms with Gasteiger partial charge in [0.25, 0.3) is 0 Å². The van der Waals surface area contributed by atoms with Crippen molar-refractivity contribution in [1.29, 1.82) is 0 Å². The number of ether oxygens (including phenoxy) is 1. The zero-order valence-electron chi connectivity index (χ0n) is 20.1. The maximum Gasteiger partial charge on any atom is 0.159 e. The molecule has 178 valence electrons. The van der Waals surface area contributed by atoms with Crippen molar-refractivity contribution >= 4 is 11.5 Å². The van der Waals surface area contributed by atoms with Gasteiger partial charge in [0.05, 0.1) is 12.7 Å². The number of aliphatic hydroxyl groups excluding tert-OH is 1. The molecule has 3 aromatic rings. The summed E-state index contributed by atoms with van der Waals surface area (Å²) in [5, 5.41) is 10.8. The number of rotatable bonds is 9. The number of ketones is 1. The van der Waals surface area contributed by atoms with Gasteiger partial charge in [0, 0.05) is 44.0 Å². The molecule has 0 bridgehead atoms. The fourth-order valence-corrected chi connectivity index (χ4v) is 4.53. The predicted molar refractivity (Wildman–Crippen MR) is 137 cm³/mol. The molecule has 0 saturated carbocycles. The highest BCUT2D eigenvalue weighted by Gasteiger charge is 2.22. The highest BCUT2D eigenvalue weighted by Crippen LogP contribution is 2.28. The van der Waals surface area contributed by atoms with Crippen molar-refractivity contribution in [2.24, 2.45) is 0 Å². The molecule has 0 aliphatic carbocycles. The fourth-order valence-electron chi connectivity index (χ4n) is 4.53. The minimum Gasteiger partial charge on any atom is -0.389 e. The quantitative estimate of drug-likeness (QED) is 0.479. The molecule has 0 amide bonds. The molecule has 0 unspecified atom stereocenters. The van der Waals surface area contributed by atoms with Crippen LogP contribution in [0.2, 0.25) is 0 Å². The van der Waals surface area contributed by atoms with Gasteiger partial charge in [-0.05, 0) is 54.8 Å². The Morgan fingerprint density at radius 3 is 2.21 bits per heavy atom. The molecule has 1 fully saturated rings. The molecule has 1 saturated heterocycles. The van der Waals surface area contributed by atoms with E-state index in [1.165, 1.54) is 5.56 Å². The third-order valence-corrected chi connectivity index (χ3v) is 6.51. The summed E-state index contributed by atoms with van der Waals surface area (Å²) in [4.78, 5) is 16.1. The number of Topliss-reactive ketones (excluding diaryl/α,β-unsaturated/α-hetero) is 1. The summed E-state index contributed by atoms with van der Waals surface area (Å²) < 4.78 is 6.30. The van der Waals surface area contributed by atoms with Crippen molar-refractivity contribution < 1.29 is 14.6 Å². The molecular formula is C29H34N2O3. The maximum atomic E-state index is 11.5. The van der Waals surface area contributed by atoms with Gasteiger partial charge in [0.1, 0.15) is 6.10 Å². The van der Waals surface area contributed by atoms with Gasteiger partial charge in [-0.25, -0.2) is 0 Å². The molecule has 3 aromatic carbocycles. The molecule has 0 aromatic heterocycles. The second-order valence-electron chi connectivity index (χ2n) is 9.03. The number of aryl methyl sites for hydroxylation is 1. The summed E-state index contributed by atoms with van der Waals surface area (Å²) in [5.41, 5.74) is 5.28. The number of benzene rings is 3. The number of piperazine rings is 1. The van der Waals surface area contributed by atoms with Crippen LogP contribution in [0, 0.1) is 6.92 Å². The number of nitrogens with zero attached hydrogens (tertiary/aromatic N) is 2. The second-order valence-corrected chi connectivity index (χ2v) is 9.03. The standard InChI is InChI=1S/C29H34N2O3/c1-22-8-6-7-11-28(22)29(25-9-4-3-5-10-25)34-21-27(33)20-30-16-18-31(19-17-30)26-14-12-24(13-15-26)23(2)32/h3-15,27,29,33H,16-21H2,1-2H3/t27-,29-/m0/s1. The van der Waals surface area contributed by atoms with Crippen LogP contribution >= 0.6 is 0 Å². The van der Waals surface area contributed by atoms with Crippen LogP contribution < -0.4 is 4.90 Å². The number of hydrogen-bond donors (Lipinski definition) is 1. The Hall–Kier alpha value is -2.99. The van der Waals surface area contributed by atoms with E-state index in [4.69, 9.17) is 4.74 Å². The highest BCUT2D eigenvalue weighted by atomic mass is 16.5. The summed E-state index contributed by atoms with van der Waals surface area (Å²) >= 11 is 0. The van der Waals surface area contributed by atoms with E-state index >= 15 is 0 Å². The molecule has 0 radical (unpaired) electrons. The minimum atomic E-state index is -0.559. The van der Waals surface area contributed by atoms with Crippen LogP contribution in [0.1, 0.15) is 40.1 Å². The summed E-state index contributed by atoms with van der Waals surface area (Å²) in [6.45, 7) is 8.10. The molecule has 34 heavy (non-hydrogen) atoms. The molecule has 1 heterocycles. The third kappa shape index (κ3) is 6.11. The number of anilines is 1. The van der Waals surface area contributed by atoms with Crippen LogP contribution in [0.4, 0.5) is 5.69 Å². The van der Waals surface area contributed by atoms with Crippen LogP contribution in [0.15, 0.2) is 78.9 Å². The SMILES string of the molecule is CC(=O)c1ccc(N2CCN(C[C@H](O)CO[C@@H](c3ccccc3)c3ccccc3C)CC2)cc1. The van der Waals surface area contributed by atoms with E-state index in [-0.39, 0.29) is 18.5 Å². The Morgan fingerprint density at radius 1 is 0.912 bits per heavy atom. The van der Waals surface area contributed by atoms with Gasteiger partial charge in [0.2, 0.25) is 0 Å². The number of β-amino-alcohol motifs (C(OH)–C–C–N with tert-alkyl or cyclic N) is 1. The Balaban J connectivity index is 1.30. The lowest BCUT2D eigenvalue weighted by atomic mass is 9.97. The molecule has 4 rings (SSSR count). The van der Waals surface area contributed by atoms with Crippen LogP contribution in [-0.2, 0) is 4.74 Å². The first-order valence-corrected chi connectivity index (χ1v) is 12.0. The van der Waals surface area contributed by atoms with E-state index in [1.54, 1.807) is 6.92 Å². The normalized spacial score (nSPS) is 16.3. The van der Waals surface area contributed by atoms with Crippen molar-refractivity contribution in [1.82, 2.24) is 4.90 Å². The first-order chi connectivity index (χ1) is 16.5. The average Bonchev–Trinajstić information content (AvgIpc) is 2.86. The fraction of sp³-hybridized carbons (Fsp3) is 0.345. The van der Waals surface area contributed by atoms with Crippen molar-refractivity contribution in [3.8, 4) is 0 Å². The van der Waals surface area contributed by atoms with Crippen molar-refractivity contribution in [3.05, 3.63) is 101 Å². The lowest BCUT2D eigenvalue weighted by Crippen LogP contribution is -2.49. The van der Waals surface area contributed by atoms with Crippen molar-refractivity contribution in [2.45, 2.75) is 26.1 Å². The molecule has 1 aliphatic heterocycles. The average molecular weight is 459 g/mol. The second kappa shape index (κ2) is 11.4. The number of aliphatic hydroxyl groups is 1. The van der Waals surface area contributed by atoms with Crippen LogP contribution in [-0.4, -0.2) is 61.2 Å².